The van der Waals surface area contributed by atoms with Crippen molar-refractivity contribution in [3.8, 4) is 0 Å². The van der Waals surface area contributed by atoms with E-state index in [0.717, 1.165) is 16.0 Å². The Hall–Kier alpha value is -4.79. The number of hydrogen-bond acceptors (Lipinski definition) is 6. The highest BCUT2D eigenvalue weighted by atomic mass is 16.5. The first-order valence-electron chi connectivity index (χ1n) is 11.1. The Bertz CT molecular complexity index is 1410. The normalized spacial score (nSPS) is 12.2. The summed E-state index contributed by atoms with van der Waals surface area (Å²) in [5.74, 6) is -2.58. The lowest BCUT2D eigenvalue weighted by molar-refractivity contribution is -0.119. The standard InChI is InChI=1S/C27H23N3O6/c1-15-4-5-16(2)23(12-15)30-25(33)21-11-6-18(13-22(21)26(30)34)27(35)36-14-24(32)29-20-9-7-19(8-10-20)28-17(3)31/h4-13H,14H2,1-3H3,(H,28,31)(H,29,32). The Labute approximate surface area is 207 Å². The SMILES string of the molecule is CC(=O)Nc1ccc(NC(=O)COC(=O)c2ccc3c(c2)C(=O)N(c2cc(C)ccc2C)C3=O)cc1. The molecule has 182 valence electrons. The second kappa shape index (κ2) is 9.83. The Balaban J connectivity index is 1.41. The monoisotopic (exact) mass is 485 g/mol. The minimum absolute atomic E-state index is 0.0465. The number of nitrogens with one attached hydrogen (secondary N) is 2. The molecule has 4 amide bonds. The average molecular weight is 485 g/mol. The van der Waals surface area contributed by atoms with Gasteiger partial charge in [0.2, 0.25) is 5.91 Å². The number of amides is 4. The molecule has 0 saturated heterocycles. The number of ether oxygens (including phenoxy) is 1. The maximum atomic E-state index is 13.1. The van der Waals surface area contributed by atoms with Gasteiger partial charge in [0.1, 0.15) is 0 Å². The first-order valence-corrected chi connectivity index (χ1v) is 11.1. The number of aryl methyl sites for hydroxylation is 2. The van der Waals surface area contributed by atoms with Crippen molar-refractivity contribution in [2.45, 2.75) is 20.8 Å². The van der Waals surface area contributed by atoms with Gasteiger partial charge in [0, 0.05) is 18.3 Å². The molecule has 1 heterocycles. The van der Waals surface area contributed by atoms with Gasteiger partial charge in [0.05, 0.1) is 22.4 Å². The highest BCUT2D eigenvalue weighted by Crippen LogP contribution is 2.32. The van der Waals surface area contributed by atoms with Crippen LogP contribution < -0.4 is 15.5 Å². The number of anilines is 3. The summed E-state index contributed by atoms with van der Waals surface area (Å²) in [5, 5.41) is 5.20. The molecule has 9 heteroatoms. The van der Waals surface area contributed by atoms with E-state index in [1.807, 2.05) is 26.0 Å². The van der Waals surface area contributed by atoms with Gasteiger partial charge >= 0.3 is 5.97 Å². The first kappa shape index (κ1) is 24.3. The Morgan fingerprint density at radius 2 is 1.44 bits per heavy atom. The third kappa shape index (κ3) is 5.00. The van der Waals surface area contributed by atoms with Gasteiger partial charge in [-0.1, -0.05) is 12.1 Å². The summed E-state index contributed by atoms with van der Waals surface area (Å²) in [5.41, 5.74) is 3.53. The number of hydrogen-bond donors (Lipinski definition) is 2. The molecular formula is C27H23N3O6. The lowest BCUT2D eigenvalue weighted by atomic mass is 10.1. The van der Waals surface area contributed by atoms with Crippen LogP contribution in [0.25, 0.3) is 0 Å². The van der Waals surface area contributed by atoms with Gasteiger partial charge in [0.25, 0.3) is 17.7 Å². The molecule has 0 spiro atoms. The average Bonchev–Trinajstić information content (AvgIpc) is 3.09. The van der Waals surface area contributed by atoms with Crippen molar-refractivity contribution in [1.82, 2.24) is 0 Å². The molecule has 3 aromatic rings. The molecule has 0 saturated carbocycles. The molecule has 0 radical (unpaired) electrons. The van der Waals surface area contributed by atoms with Crippen LogP contribution in [0.15, 0.2) is 60.7 Å². The maximum absolute atomic E-state index is 13.1. The van der Waals surface area contributed by atoms with E-state index in [1.165, 1.54) is 25.1 Å². The van der Waals surface area contributed by atoms with Crippen LogP contribution in [0, 0.1) is 13.8 Å². The Morgan fingerprint density at radius 3 is 2.11 bits per heavy atom. The van der Waals surface area contributed by atoms with Gasteiger partial charge < -0.3 is 15.4 Å². The minimum atomic E-state index is -0.806. The number of fused-ring (bicyclic) bond motifs is 1. The van der Waals surface area contributed by atoms with Gasteiger partial charge in [-0.15, -0.1) is 0 Å². The van der Waals surface area contributed by atoms with Gasteiger partial charge in [-0.3, -0.25) is 19.2 Å². The molecule has 9 nitrogen and oxygen atoms in total. The maximum Gasteiger partial charge on any atom is 0.338 e. The van der Waals surface area contributed by atoms with Gasteiger partial charge in [0.15, 0.2) is 6.61 Å². The van der Waals surface area contributed by atoms with Crippen LogP contribution >= 0.6 is 0 Å². The summed E-state index contributed by atoms with van der Waals surface area (Å²) in [4.78, 5) is 62.9. The second-order valence-electron chi connectivity index (χ2n) is 8.38. The highest BCUT2D eigenvalue weighted by molar-refractivity contribution is 6.35. The number of rotatable bonds is 6. The number of imide groups is 1. The fourth-order valence-electron chi connectivity index (χ4n) is 3.80. The van der Waals surface area contributed by atoms with Crippen molar-refractivity contribution >= 4 is 46.7 Å². The zero-order valence-electron chi connectivity index (χ0n) is 19.9. The third-order valence-electron chi connectivity index (χ3n) is 5.55. The van der Waals surface area contributed by atoms with E-state index in [-0.39, 0.29) is 22.6 Å². The largest absolute Gasteiger partial charge is 0.452 e. The first-order chi connectivity index (χ1) is 17.1. The lowest BCUT2D eigenvalue weighted by Gasteiger charge is -2.17. The summed E-state index contributed by atoms with van der Waals surface area (Å²) in [6.45, 7) is 4.51. The van der Waals surface area contributed by atoms with E-state index in [0.29, 0.717) is 17.1 Å². The second-order valence-corrected chi connectivity index (χ2v) is 8.38. The number of nitrogens with zero attached hydrogens (tertiary/aromatic N) is 1. The predicted molar refractivity (Wildman–Crippen MR) is 133 cm³/mol. The summed E-state index contributed by atoms with van der Waals surface area (Å²) >= 11 is 0. The van der Waals surface area contributed by atoms with Crippen molar-refractivity contribution in [3.63, 3.8) is 0 Å². The number of esters is 1. The van der Waals surface area contributed by atoms with Crippen molar-refractivity contribution in [3.05, 3.63) is 88.5 Å². The molecule has 3 aromatic carbocycles. The van der Waals surface area contributed by atoms with E-state index in [4.69, 9.17) is 4.74 Å². The highest BCUT2D eigenvalue weighted by Gasteiger charge is 2.38. The molecule has 0 unspecified atom stereocenters. The molecule has 0 aromatic heterocycles. The van der Waals surface area contributed by atoms with E-state index in [1.54, 1.807) is 30.3 Å². The molecular weight excluding hydrogens is 462 g/mol. The van der Waals surface area contributed by atoms with Crippen LogP contribution in [-0.2, 0) is 14.3 Å². The van der Waals surface area contributed by atoms with Gasteiger partial charge in [-0.25, -0.2) is 9.69 Å². The molecule has 1 aliphatic heterocycles. The van der Waals surface area contributed by atoms with Crippen LogP contribution in [0.4, 0.5) is 17.1 Å². The van der Waals surface area contributed by atoms with Crippen LogP contribution in [0.2, 0.25) is 0 Å². The predicted octanol–water partition coefficient (Wildman–Crippen LogP) is 3.86. The Morgan fingerprint density at radius 1 is 0.806 bits per heavy atom. The van der Waals surface area contributed by atoms with Crippen LogP contribution in [0.5, 0.6) is 0 Å². The Kier molecular flexibility index (Phi) is 6.64. The van der Waals surface area contributed by atoms with Gasteiger partial charge in [-0.2, -0.15) is 0 Å². The van der Waals surface area contributed by atoms with Crippen molar-refractivity contribution in [2.75, 3.05) is 22.1 Å². The zero-order chi connectivity index (χ0) is 26.0. The van der Waals surface area contributed by atoms with Crippen LogP contribution in [0.1, 0.15) is 49.1 Å². The summed E-state index contributed by atoms with van der Waals surface area (Å²) < 4.78 is 5.09. The van der Waals surface area contributed by atoms with Crippen LogP contribution in [-0.4, -0.2) is 36.2 Å². The number of carbonyl (C=O) groups excluding carboxylic acids is 5. The van der Waals surface area contributed by atoms with E-state index in [2.05, 4.69) is 10.6 Å². The molecule has 1 aliphatic rings. The van der Waals surface area contributed by atoms with E-state index in [9.17, 15) is 24.0 Å². The molecule has 0 fully saturated rings. The van der Waals surface area contributed by atoms with Crippen molar-refractivity contribution < 1.29 is 28.7 Å². The topological polar surface area (TPSA) is 122 Å². The molecule has 0 bridgehead atoms. The molecule has 2 N–H and O–H groups in total. The van der Waals surface area contributed by atoms with Crippen molar-refractivity contribution in [1.29, 1.82) is 0 Å². The van der Waals surface area contributed by atoms with Crippen LogP contribution in [0.3, 0.4) is 0 Å². The summed E-state index contributed by atoms with van der Waals surface area (Å²) in [6.07, 6.45) is 0. The molecule has 0 aliphatic carbocycles. The van der Waals surface area contributed by atoms with Gasteiger partial charge in [-0.05, 0) is 73.5 Å². The number of benzene rings is 3. The summed E-state index contributed by atoms with van der Waals surface area (Å²) in [6, 6.07) is 16.0. The van der Waals surface area contributed by atoms with E-state index < -0.39 is 30.3 Å². The molecule has 0 atom stereocenters. The lowest BCUT2D eigenvalue weighted by Crippen LogP contribution is -2.30. The summed E-state index contributed by atoms with van der Waals surface area (Å²) in [7, 11) is 0. The fourth-order valence-corrected chi connectivity index (χ4v) is 3.80. The minimum Gasteiger partial charge on any atom is -0.452 e. The smallest absolute Gasteiger partial charge is 0.338 e. The fraction of sp³-hybridized carbons (Fsp3) is 0.148. The van der Waals surface area contributed by atoms with Crippen molar-refractivity contribution in [2.24, 2.45) is 0 Å². The number of carbonyl (C=O) groups is 5. The third-order valence-corrected chi connectivity index (χ3v) is 5.55. The molecule has 36 heavy (non-hydrogen) atoms. The zero-order valence-corrected chi connectivity index (χ0v) is 19.9. The van der Waals surface area contributed by atoms with E-state index >= 15 is 0 Å². The molecule has 4 rings (SSSR count). The quantitative estimate of drug-likeness (QED) is 0.404.